The summed E-state index contributed by atoms with van der Waals surface area (Å²) in [7, 11) is 0. The van der Waals surface area contributed by atoms with E-state index in [2.05, 4.69) is 58.9 Å². The smallest absolute Gasteiger partial charge is 0.0231 e. The summed E-state index contributed by atoms with van der Waals surface area (Å²) in [6, 6.07) is 0. The first-order valence-electron chi connectivity index (χ1n) is 7.22. The van der Waals surface area contributed by atoms with Crippen LogP contribution in [0.4, 0.5) is 0 Å². The van der Waals surface area contributed by atoms with Crippen molar-refractivity contribution in [2.75, 3.05) is 26.2 Å². The highest BCUT2D eigenvalue weighted by Crippen LogP contribution is 2.19. The van der Waals surface area contributed by atoms with Crippen molar-refractivity contribution in [2.24, 2.45) is 11.5 Å². The summed E-state index contributed by atoms with van der Waals surface area (Å²) in [5.74, 6) is 0. The molecule has 0 aliphatic carbocycles. The molecule has 0 aromatic heterocycles. The van der Waals surface area contributed by atoms with Crippen LogP contribution < -0.4 is 11.5 Å². The maximum absolute atomic E-state index is 5.52. The molecule has 20 heavy (non-hydrogen) atoms. The quantitative estimate of drug-likeness (QED) is 0.772. The van der Waals surface area contributed by atoms with Crippen LogP contribution in [0.1, 0.15) is 12.8 Å². The Kier molecular flexibility index (Phi) is 5.65. The van der Waals surface area contributed by atoms with Crippen LogP contribution in [-0.2, 0) is 0 Å². The molecular weight excluding hydrogens is 248 g/mol. The second-order valence-electron chi connectivity index (χ2n) is 4.93. The Morgan fingerprint density at radius 2 is 1.00 bits per heavy atom. The molecule has 0 saturated carbocycles. The molecule has 0 spiro atoms. The molecule has 2 rings (SSSR count). The van der Waals surface area contributed by atoms with Crippen LogP contribution in [0.15, 0.2) is 60.3 Å². The van der Waals surface area contributed by atoms with Gasteiger partial charge in [-0.2, -0.15) is 0 Å². The Morgan fingerprint density at radius 1 is 0.650 bits per heavy atom. The molecule has 4 heteroatoms. The lowest BCUT2D eigenvalue weighted by molar-refractivity contribution is 0.487. The van der Waals surface area contributed by atoms with Gasteiger partial charge in [0.25, 0.3) is 0 Å². The van der Waals surface area contributed by atoms with Gasteiger partial charge in [0.05, 0.1) is 0 Å². The summed E-state index contributed by atoms with van der Waals surface area (Å²) in [5, 5.41) is 0. The molecule has 0 radical (unpaired) electrons. The lowest BCUT2D eigenvalue weighted by Gasteiger charge is -2.21. The van der Waals surface area contributed by atoms with Gasteiger partial charge in [0.1, 0.15) is 0 Å². The number of nitrogens with two attached hydrogens (primary N) is 2. The molecule has 0 bridgehead atoms. The second-order valence-corrected chi connectivity index (χ2v) is 4.93. The monoisotopic (exact) mass is 272 g/mol. The van der Waals surface area contributed by atoms with Crippen LogP contribution in [0.5, 0.6) is 0 Å². The van der Waals surface area contributed by atoms with Gasteiger partial charge in [-0.3, -0.25) is 0 Å². The molecule has 0 saturated heterocycles. The number of hydrogen-bond acceptors (Lipinski definition) is 4. The van der Waals surface area contributed by atoms with E-state index in [4.69, 9.17) is 11.5 Å². The van der Waals surface area contributed by atoms with E-state index in [9.17, 15) is 0 Å². The number of rotatable bonds is 6. The molecule has 0 amide bonds. The average Bonchev–Trinajstić information content (AvgIpc) is 2.52. The molecule has 2 aliphatic rings. The van der Waals surface area contributed by atoms with Gasteiger partial charge in [0.15, 0.2) is 0 Å². The van der Waals surface area contributed by atoms with Gasteiger partial charge in [-0.1, -0.05) is 0 Å². The summed E-state index contributed by atoms with van der Waals surface area (Å²) in [6.45, 7) is 3.42. The van der Waals surface area contributed by atoms with E-state index in [1.165, 1.54) is 11.1 Å². The third-order valence-electron chi connectivity index (χ3n) is 3.36. The molecule has 4 N–H and O–H groups in total. The van der Waals surface area contributed by atoms with Gasteiger partial charge in [0, 0.05) is 37.9 Å². The lowest BCUT2D eigenvalue weighted by atomic mass is 10.0. The van der Waals surface area contributed by atoms with E-state index in [1.807, 2.05) is 0 Å². The molecule has 0 aromatic carbocycles. The van der Waals surface area contributed by atoms with Crippen LogP contribution >= 0.6 is 0 Å². The van der Waals surface area contributed by atoms with E-state index in [-0.39, 0.29) is 0 Å². The topological polar surface area (TPSA) is 58.5 Å². The van der Waals surface area contributed by atoms with Crippen LogP contribution in [0.2, 0.25) is 0 Å². The van der Waals surface area contributed by atoms with Crippen molar-refractivity contribution >= 4 is 0 Å². The molecular formula is C16H24N4. The van der Waals surface area contributed by atoms with E-state index < -0.39 is 0 Å². The van der Waals surface area contributed by atoms with Crippen LogP contribution in [0, 0.1) is 0 Å². The molecule has 0 fully saturated rings. The Morgan fingerprint density at radius 3 is 1.30 bits per heavy atom. The maximum atomic E-state index is 5.52. The van der Waals surface area contributed by atoms with Gasteiger partial charge in [-0.25, -0.2) is 0 Å². The summed E-state index contributed by atoms with van der Waals surface area (Å²) in [4.78, 5) is 4.33. The maximum Gasteiger partial charge on any atom is 0.0231 e. The predicted octanol–water partition coefficient (Wildman–Crippen LogP) is 1.67. The molecule has 0 unspecified atom stereocenters. The zero-order valence-electron chi connectivity index (χ0n) is 11.9. The van der Waals surface area contributed by atoms with Crippen molar-refractivity contribution in [1.82, 2.24) is 9.80 Å². The van der Waals surface area contributed by atoms with E-state index in [1.54, 1.807) is 0 Å². The first-order valence-corrected chi connectivity index (χ1v) is 7.22. The lowest BCUT2D eigenvalue weighted by Crippen LogP contribution is -2.17. The first kappa shape index (κ1) is 14.6. The molecule has 0 aromatic rings. The standard InChI is InChI=1S/C16H24N4/c17-7-1-9-19-11-3-15(4-12-19)16-5-13-20(14-6-16)10-2-8-18/h3-6,11-14H,1-2,7-10,17-18H2. The minimum Gasteiger partial charge on any atom is -0.354 e. The highest BCUT2D eigenvalue weighted by molar-refractivity contribution is 5.48. The molecule has 0 atom stereocenters. The predicted molar refractivity (Wildman–Crippen MR) is 84.3 cm³/mol. The Labute approximate surface area is 121 Å². The SMILES string of the molecule is NCCCN1C=CC(=C2C=CN(CCCN)C=C2)C=C1. The van der Waals surface area contributed by atoms with E-state index in [0.717, 1.165) is 39.0 Å². The molecule has 2 heterocycles. The summed E-state index contributed by atoms with van der Waals surface area (Å²) in [5.41, 5.74) is 13.5. The number of hydrogen-bond donors (Lipinski definition) is 2. The van der Waals surface area contributed by atoms with Crippen molar-refractivity contribution in [2.45, 2.75) is 12.8 Å². The average molecular weight is 272 g/mol. The third-order valence-corrected chi connectivity index (χ3v) is 3.36. The zero-order chi connectivity index (χ0) is 14.2. The Balaban J connectivity index is 1.93. The van der Waals surface area contributed by atoms with Crippen molar-refractivity contribution in [1.29, 1.82) is 0 Å². The molecule has 4 nitrogen and oxygen atoms in total. The van der Waals surface area contributed by atoms with Gasteiger partial charge >= 0.3 is 0 Å². The van der Waals surface area contributed by atoms with Crippen molar-refractivity contribution in [3.8, 4) is 0 Å². The van der Waals surface area contributed by atoms with Gasteiger partial charge in [-0.05, 0) is 61.4 Å². The Hall–Kier alpha value is -1.78. The van der Waals surface area contributed by atoms with Crippen molar-refractivity contribution in [3.05, 3.63) is 60.3 Å². The minimum absolute atomic E-state index is 0.732. The van der Waals surface area contributed by atoms with Gasteiger partial charge in [-0.15, -0.1) is 0 Å². The van der Waals surface area contributed by atoms with Crippen LogP contribution in [0.25, 0.3) is 0 Å². The fourth-order valence-corrected chi connectivity index (χ4v) is 2.15. The fraction of sp³-hybridized carbons (Fsp3) is 0.375. The Bertz CT molecular complexity index is 383. The van der Waals surface area contributed by atoms with Crippen LogP contribution in [-0.4, -0.2) is 36.0 Å². The second kappa shape index (κ2) is 7.72. The summed E-state index contributed by atoms with van der Waals surface area (Å²) in [6.07, 6.45) is 19.1. The van der Waals surface area contributed by atoms with Crippen LogP contribution in [0.3, 0.4) is 0 Å². The molecule has 108 valence electrons. The zero-order valence-corrected chi connectivity index (χ0v) is 11.9. The highest BCUT2D eigenvalue weighted by Gasteiger charge is 2.06. The highest BCUT2D eigenvalue weighted by atomic mass is 15.1. The number of nitrogens with zero attached hydrogens (tertiary/aromatic N) is 2. The van der Waals surface area contributed by atoms with E-state index in [0.29, 0.717) is 0 Å². The van der Waals surface area contributed by atoms with E-state index >= 15 is 0 Å². The summed E-state index contributed by atoms with van der Waals surface area (Å²) < 4.78 is 0. The molecule has 2 aliphatic heterocycles. The van der Waals surface area contributed by atoms with Gasteiger partial charge < -0.3 is 21.3 Å². The largest absolute Gasteiger partial charge is 0.354 e. The van der Waals surface area contributed by atoms with Gasteiger partial charge in [0.2, 0.25) is 0 Å². The first-order chi connectivity index (χ1) is 9.83. The fourth-order valence-electron chi connectivity index (χ4n) is 2.15. The minimum atomic E-state index is 0.732. The normalized spacial score (nSPS) is 17.5. The number of allylic oxidation sites excluding steroid dienone is 6. The summed E-state index contributed by atoms with van der Waals surface area (Å²) >= 11 is 0. The third kappa shape index (κ3) is 4.11. The van der Waals surface area contributed by atoms with Crippen molar-refractivity contribution < 1.29 is 0 Å². The van der Waals surface area contributed by atoms with Crippen molar-refractivity contribution in [3.63, 3.8) is 0 Å².